The van der Waals surface area contributed by atoms with Crippen molar-refractivity contribution in [2.75, 3.05) is 0 Å². The lowest BCUT2D eigenvalue weighted by Gasteiger charge is -1.91. The molecule has 0 bridgehead atoms. The number of nitrogens with one attached hydrogen (secondary N) is 2. The van der Waals surface area contributed by atoms with Crippen LogP contribution in [0, 0.1) is 0 Å². The summed E-state index contributed by atoms with van der Waals surface area (Å²) in [6.07, 6.45) is 0. The molecule has 6 heteroatoms. The molecule has 0 amide bonds. The molecule has 0 radical (unpaired) electrons. The summed E-state index contributed by atoms with van der Waals surface area (Å²) in [7, 11) is 0.676. The third-order valence-corrected chi connectivity index (χ3v) is 5.27. The molecule has 0 aromatic rings. The Balaban J connectivity index is 2.34. The highest BCUT2D eigenvalue weighted by atomic mass is 35.6. The minimum atomic E-state index is -0.353. The smallest absolute Gasteiger partial charge is 0.189 e. The Morgan fingerprint density at radius 2 is 2.33 bits per heavy atom. The van der Waals surface area contributed by atoms with E-state index in [4.69, 9.17) is 11.1 Å². The lowest BCUT2D eigenvalue weighted by Crippen LogP contribution is -2.32. The van der Waals surface area contributed by atoms with Crippen LogP contribution in [0.25, 0.3) is 0 Å². The van der Waals surface area contributed by atoms with Crippen molar-refractivity contribution in [2.24, 2.45) is 0 Å². The Hall–Kier alpha value is 0.861. The fraction of sp³-hybridized carbons (Fsp3) is 0. The molecular formula is H9ClN2Si3. The van der Waals surface area contributed by atoms with Gasteiger partial charge in [-0.2, -0.15) is 11.1 Å². The highest BCUT2D eigenvalue weighted by Crippen LogP contribution is 1.52. The van der Waals surface area contributed by atoms with E-state index in [1.165, 1.54) is 0 Å². The van der Waals surface area contributed by atoms with Crippen molar-refractivity contribution in [3.8, 4) is 0 Å². The highest BCUT2D eigenvalue weighted by molar-refractivity contribution is 6.94. The first-order valence-electron chi connectivity index (χ1n) is 1.83. The molecule has 0 rings (SSSR count). The molecule has 0 aliphatic heterocycles. The van der Waals surface area contributed by atoms with E-state index in [0.717, 1.165) is 10.4 Å². The lowest BCUT2D eigenvalue weighted by atomic mass is 13.8. The average molecular weight is 157 g/mol. The standard InChI is InChI=1S/ClH9N2Si3/c1-5-3-6-2-4/h2-3H,5-6H2,4H3. The first-order valence-corrected chi connectivity index (χ1v) is 7.09. The number of rotatable bonds is 3. The highest BCUT2D eigenvalue weighted by Gasteiger charge is 1.74. The van der Waals surface area contributed by atoms with Crippen molar-refractivity contribution in [1.82, 2.24) is 9.30 Å². The molecular weight excluding hydrogens is 148 g/mol. The maximum atomic E-state index is 5.42. The maximum Gasteiger partial charge on any atom is 0.189 e. The van der Waals surface area contributed by atoms with E-state index in [2.05, 4.69) is 9.30 Å². The van der Waals surface area contributed by atoms with Gasteiger partial charge >= 0.3 is 0 Å². The molecule has 0 saturated heterocycles. The molecule has 0 unspecified atom stereocenters. The van der Waals surface area contributed by atoms with Crippen LogP contribution in [-0.2, 0) is 0 Å². The molecule has 0 aliphatic rings. The van der Waals surface area contributed by atoms with Gasteiger partial charge in [-0.1, -0.05) is 0 Å². The van der Waals surface area contributed by atoms with Gasteiger partial charge in [-0.3, -0.25) is 0 Å². The zero-order valence-corrected chi connectivity index (χ0v) is 9.38. The first kappa shape index (κ1) is 6.86. The van der Waals surface area contributed by atoms with Crippen molar-refractivity contribution in [1.29, 1.82) is 0 Å². The summed E-state index contributed by atoms with van der Waals surface area (Å²) in [6.45, 7) is 0. The van der Waals surface area contributed by atoms with Gasteiger partial charge in [-0.15, -0.1) is 0 Å². The largest absolute Gasteiger partial charge is 0.360 e. The monoisotopic (exact) mass is 156 g/mol. The number of hydrogen-bond acceptors (Lipinski definition) is 2. The van der Waals surface area contributed by atoms with E-state index in [0.29, 0.717) is 0 Å². The van der Waals surface area contributed by atoms with Crippen LogP contribution < -0.4 is 9.30 Å². The zero-order valence-electron chi connectivity index (χ0n) is 3.79. The van der Waals surface area contributed by atoms with Gasteiger partial charge in [-0.25, -0.2) is 0 Å². The predicted octanol–water partition coefficient (Wildman–Crippen LogP) is -3.32. The summed E-state index contributed by atoms with van der Waals surface area (Å²) in [4.78, 5) is 0. The second kappa shape index (κ2) is 5.86. The van der Waals surface area contributed by atoms with Crippen LogP contribution >= 0.6 is 11.1 Å². The van der Waals surface area contributed by atoms with Gasteiger partial charge in [0, 0.05) is 0 Å². The van der Waals surface area contributed by atoms with Crippen molar-refractivity contribution in [3.05, 3.63) is 0 Å². The number of hydrogen-bond donors (Lipinski definition) is 2. The molecule has 0 aromatic heterocycles. The molecule has 0 aliphatic carbocycles. The van der Waals surface area contributed by atoms with E-state index in [-0.39, 0.29) is 18.8 Å². The average Bonchev–Trinajstić information content (AvgIpc) is 1.61. The maximum absolute atomic E-state index is 5.42. The third kappa shape index (κ3) is 4.86. The fourth-order valence-electron chi connectivity index (χ4n) is 0.172. The quantitative estimate of drug-likeness (QED) is 0.254. The van der Waals surface area contributed by atoms with Gasteiger partial charge in [0.2, 0.25) is 0 Å². The van der Waals surface area contributed by atoms with Crippen LogP contribution in [0.4, 0.5) is 0 Å². The van der Waals surface area contributed by atoms with Gasteiger partial charge in [-0.05, 0) is 0 Å². The fourth-order valence-corrected chi connectivity index (χ4v) is 4.65. The molecule has 2 N–H and O–H groups in total. The minimum absolute atomic E-state index is 0.0868. The van der Waals surface area contributed by atoms with Gasteiger partial charge in [0.25, 0.3) is 0 Å². The molecule has 2 nitrogen and oxygen atoms in total. The van der Waals surface area contributed by atoms with E-state index in [9.17, 15) is 0 Å². The Morgan fingerprint density at radius 1 is 1.67 bits per heavy atom. The Labute approximate surface area is 50.1 Å². The van der Waals surface area contributed by atoms with Gasteiger partial charge in [0.15, 0.2) is 18.8 Å². The van der Waals surface area contributed by atoms with Gasteiger partial charge < -0.3 is 9.30 Å². The number of halogens is 1. The van der Waals surface area contributed by atoms with Crippen molar-refractivity contribution in [3.63, 3.8) is 0 Å². The summed E-state index contributed by atoms with van der Waals surface area (Å²) < 4.78 is 6.35. The van der Waals surface area contributed by atoms with E-state index < -0.39 is 0 Å². The SMILES string of the molecule is [SiH3]N[SiH2]N[SiH2]Cl. The van der Waals surface area contributed by atoms with Crippen molar-refractivity contribution in [2.45, 2.75) is 0 Å². The minimum Gasteiger partial charge on any atom is -0.360 e. The molecule has 0 heterocycles. The van der Waals surface area contributed by atoms with Gasteiger partial charge in [0.1, 0.15) is 0 Å². The predicted molar refractivity (Wildman–Crippen MR) is 39.2 cm³/mol. The summed E-state index contributed by atoms with van der Waals surface area (Å²) in [6, 6.07) is 0. The Morgan fingerprint density at radius 3 is 2.50 bits per heavy atom. The second-order valence-corrected chi connectivity index (χ2v) is 7.16. The molecule has 0 spiro atoms. The normalized spacial score (nSPS) is 13.5. The van der Waals surface area contributed by atoms with Crippen LogP contribution in [0.3, 0.4) is 0 Å². The van der Waals surface area contributed by atoms with E-state index in [1.807, 2.05) is 0 Å². The lowest BCUT2D eigenvalue weighted by molar-refractivity contribution is 1.47. The van der Waals surface area contributed by atoms with Crippen LogP contribution in [0.15, 0.2) is 0 Å². The van der Waals surface area contributed by atoms with E-state index in [1.54, 1.807) is 0 Å². The Kier molecular flexibility index (Phi) is 6.70. The zero-order chi connectivity index (χ0) is 4.83. The van der Waals surface area contributed by atoms with E-state index >= 15 is 0 Å². The first-order chi connectivity index (χ1) is 2.91. The summed E-state index contributed by atoms with van der Waals surface area (Å²) in [5, 5.41) is 0. The Bertz CT molecular complexity index is 20.8. The van der Waals surface area contributed by atoms with Crippen LogP contribution in [-0.4, -0.2) is 29.2 Å². The molecule has 0 fully saturated rings. The van der Waals surface area contributed by atoms with Crippen molar-refractivity contribution >= 4 is 40.3 Å². The van der Waals surface area contributed by atoms with Crippen molar-refractivity contribution < 1.29 is 0 Å². The second-order valence-electron chi connectivity index (χ2n) is 0.914. The molecule has 38 valence electrons. The summed E-state index contributed by atoms with van der Waals surface area (Å²) >= 11 is 5.42. The summed E-state index contributed by atoms with van der Waals surface area (Å²) in [5.41, 5.74) is 0. The molecule has 6 heavy (non-hydrogen) atoms. The molecule has 0 aromatic carbocycles. The van der Waals surface area contributed by atoms with Crippen LogP contribution in [0.5, 0.6) is 0 Å². The topological polar surface area (TPSA) is 24.1 Å². The van der Waals surface area contributed by atoms with Gasteiger partial charge in [0.05, 0.1) is 10.4 Å². The van der Waals surface area contributed by atoms with Crippen LogP contribution in [0.2, 0.25) is 0 Å². The molecule has 0 atom stereocenters. The molecule has 0 saturated carbocycles. The third-order valence-electron chi connectivity index (χ3n) is 0.396. The summed E-state index contributed by atoms with van der Waals surface area (Å²) in [5.74, 6) is 0. The van der Waals surface area contributed by atoms with Crippen LogP contribution in [0.1, 0.15) is 0 Å².